The third-order valence-corrected chi connectivity index (χ3v) is 0.509. The van der Waals surface area contributed by atoms with E-state index in [1.165, 1.54) is 0 Å². The van der Waals surface area contributed by atoms with Crippen molar-refractivity contribution in [3.63, 3.8) is 0 Å². The molecule has 36 valence electrons. The molecule has 3 heteroatoms. The van der Waals surface area contributed by atoms with Crippen molar-refractivity contribution in [2.45, 2.75) is 0 Å². The summed E-state index contributed by atoms with van der Waals surface area (Å²) < 4.78 is 4.64. The Morgan fingerprint density at radius 1 is 1.14 bits per heavy atom. The molecule has 0 saturated heterocycles. The largest absolute Gasteiger partial charge is 0.419 e. The minimum Gasteiger partial charge on any atom is -0.419 e. The van der Waals surface area contributed by atoms with E-state index in [0.29, 0.717) is 11.1 Å². The Kier molecular flexibility index (Phi) is 0.685. The second kappa shape index (κ2) is 1.18. The van der Waals surface area contributed by atoms with E-state index in [-0.39, 0.29) is 0 Å². The fourth-order valence-corrected chi connectivity index (χ4v) is 0.288. The van der Waals surface area contributed by atoms with Crippen molar-refractivity contribution in [2.24, 2.45) is 0 Å². The van der Waals surface area contributed by atoms with E-state index in [1.807, 2.05) is 0 Å². The predicted octanol–water partition coefficient (Wildman–Crippen LogP) is -1.11. The minimum absolute atomic E-state index is 0.310. The van der Waals surface area contributed by atoms with Gasteiger partial charge < -0.3 is 4.42 Å². The van der Waals surface area contributed by atoms with Gasteiger partial charge in [0.05, 0.1) is 0 Å². The molecule has 0 aromatic carbocycles. The highest BCUT2D eigenvalue weighted by molar-refractivity contribution is 4.83. The highest BCUT2D eigenvalue weighted by atomic mass is 16.4. The Morgan fingerprint density at radius 2 is 1.57 bits per heavy atom. The smallest absolute Gasteiger partial charge is 0.233 e. The van der Waals surface area contributed by atoms with Crippen LogP contribution in [0.4, 0.5) is 0 Å². The number of nitrogens with zero attached hydrogens (tertiary/aromatic N) is 2. The predicted molar refractivity (Wildman–Crippen MR) is 24.6 cm³/mol. The van der Waals surface area contributed by atoms with E-state index in [1.54, 1.807) is 0 Å². The van der Waals surface area contributed by atoms with Crippen molar-refractivity contribution in [3.05, 3.63) is 11.1 Å². The van der Waals surface area contributed by atoms with E-state index in [4.69, 9.17) is 0 Å². The van der Waals surface area contributed by atoms with Gasteiger partial charge in [-0.15, -0.1) is 10.2 Å². The minimum atomic E-state index is 0.310. The fraction of sp³-hybridized carbons (Fsp3) is 0. The molecule has 7 heavy (non-hydrogen) atoms. The van der Waals surface area contributed by atoms with Crippen molar-refractivity contribution in [1.82, 2.24) is 10.2 Å². The molecule has 0 amide bonds. The highest BCUT2D eigenvalue weighted by Crippen LogP contribution is 1.41. The van der Waals surface area contributed by atoms with E-state index >= 15 is 0 Å². The molecular weight excluding hydrogens is 92.1 g/mol. The first kappa shape index (κ1) is 4.05. The molecule has 1 aromatic rings. The van der Waals surface area contributed by atoms with Crippen LogP contribution in [0, 0.1) is 0 Å². The molecule has 0 aliphatic heterocycles. The van der Waals surface area contributed by atoms with Crippen LogP contribution in [0.3, 0.4) is 0 Å². The summed E-state index contributed by atoms with van der Waals surface area (Å²) in [5.41, 5.74) is 0.620. The van der Waals surface area contributed by atoms with Gasteiger partial charge >= 0.3 is 0 Å². The zero-order valence-electron chi connectivity index (χ0n) is 3.72. The van der Waals surface area contributed by atoms with E-state index in [0.717, 1.165) is 0 Å². The van der Waals surface area contributed by atoms with Crippen LogP contribution in [0.15, 0.2) is 4.42 Å². The first-order valence-corrected chi connectivity index (χ1v) is 1.76. The average Bonchev–Trinajstić information content (AvgIpc) is 1.87. The molecule has 0 radical (unpaired) electrons. The molecule has 0 N–H and O–H groups in total. The molecule has 0 aliphatic rings. The van der Waals surface area contributed by atoms with Crippen LogP contribution >= 0.6 is 0 Å². The van der Waals surface area contributed by atoms with Gasteiger partial charge in [0.1, 0.15) is 0 Å². The number of hydrogen-bond acceptors (Lipinski definition) is 3. The molecule has 1 aromatic heterocycles. The van der Waals surface area contributed by atoms with Crippen molar-refractivity contribution in [2.75, 3.05) is 0 Å². The molecule has 0 bridgehead atoms. The maximum absolute atomic E-state index is 4.64. The Balaban J connectivity index is 3.59. The van der Waals surface area contributed by atoms with Crippen molar-refractivity contribution < 1.29 is 4.42 Å². The second-order valence-electron chi connectivity index (χ2n) is 1.09. The maximum Gasteiger partial charge on any atom is 0.233 e. The van der Waals surface area contributed by atoms with Gasteiger partial charge in [0.2, 0.25) is 11.1 Å². The van der Waals surface area contributed by atoms with Crippen molar-refractivity contribution in [1.29, 1.82) is 0 Å². The SMILES string of the molecule is C=c1nnc(=C)o1. The molecule has 1 heterocycles. The number of rotatable bonds is 0. The highest BCUT2D eigenvalue weighted by Gasteiger charge is 1.76. The van der Waals surface area contributed by atoms with Crippen LogP contribution < -0.4 is 11.1 Å². The average molecular weight is 96.1 g/mol. The van der Waals surface area contributed by atoms with Crippen molar-refractivity contribution >= 4 is 13.2 Å². The molecule has 0 atom stereocenters. The Morgan fingerprint density at radius 3 is 1.71 bits per heavy atom. The van der Waals surface area contributed by atoms with Gasteiger partial charge in [-0.1, -0.05) is 0 Å². The lowest BCUT2D eigenvalue weighted by atomic mass is 11.0. The second-order valence-corrected chi connectivity index (χ2v) is 1.09. The number of aromatic nitrogens is 2. The summed E-state index contributed by atoms with van der Waals surface area (Å²) in [4.78, 5) is 0. The van der Waals surface area contributed by atoms with Gasteiger partial charge in [-0.25, -0.2) is 0 Å². The molecule has 0 aliphatic carbocycles. The third kappa shape index (κ3) is 0.652. The molecule has 1 rings (SSSR count). The van der Waals surface area contributed by atoms with Crippen LogP contribution in [-0.4, -0.2) is 10.2 Å². The van der Waals surface area contributed by atoms with Crippen molar-refractivity contribution in [3.8, 4) is 0 Å². The molecule has 0 fully saturated rings. The van der Waals surface area contributed by atoms with Crippen LogP contribution in [0.2, 0.25) is 0 Å². The van der Waals surface area contributed by atoms with Gasteiger partial charge in [-0.05, 0) is 13.2 Å². The van der Waals surface area contributed by atoms with Crippen LogP contribution in [0.1, 0.15) is 0 Å². The van der Waals surface area contributed by atoms with Gasteiger partial charge in [-0.2, -0.15) is 0 Å². The molecule has 0 saturated carbocycles. The van der Waals surface area contributed by atoms with Gasteiger partial charge in [0.25, 0.3) is 0 Å². The summed E-state index contributed by atoms with van der Waals surface area (Å²) in [6.07, 6.45) is 0. The number of hydrogen-bond donors (Lipinski definition) is 0. The normalized spacial score (nSPS) is 9.14. The first-order valence-electron chi connectivity index (χ1n) is 1.76. The summed E-state index contributed by atoms with van der Waals surface area (Å²) in [5, 5.41) is 6.85. The lowest BCUT2D eigenvalue weighted by molar-refractivity contribution is 0.489. The van der Waals surface area contributed by atoms with E-state index in [9.17, 15) is 0 Å². The first-order chi connectivity index (χ1) is 3.29. The standard InChI is InChI=1S/C4H4N2O/c1-3-5-6-4(2)7-3/h1-2H2. The maximum atomic E-state index is 4.64. The zero-order chi connectivity index (χ0) is 5.28. The summed E-state index contributed by atoms with van der Waals surface area (Å²) in [6.45, 7) is 6.72. The summed E-state index contributed by atoms with van der Waals surface area (Å²) in [6, 6.07) is 0. The van der Waals surface area contributed by atoms with Crippen LogP contribution in [-0.2, 0) is 0 Å². The monoisotopic (exact) mass is 96.0 g/mol. The van der Waals surface area contributed by atoms with E-state index in [2.05, 4.69) is 27.8 Å². The van der Waals surface area contributed by atoms with Gasteiger partial charge in [0, 0.05) is 0 Å². The topological polar surface area (TPSA) is 38.9 Å². The van der Waals surface area contributed by atoms with E-state index < -0.39 is 0 Å². The Bertz CT molecular complexity index is 214. The van der Waals surface area contributed by atoms with Gasteiger partial charge in [0.15, 0.2) is 0 Å². The van der Waals surface area contributed by atoms with Gasteiger partial charge in [-0.3, -0.25) is 0 Å². The molecule has 0 unspecified atom stereocenters. The molecule has 0 spiro atoms. The Hall–Kier alpha value is -1.12. The lowest BCUT2D eigenvalue weighted by Crippen LogP contribution is -1.95. The summed E-state index contributed by atoms with van der Waals surface area (Å²) in [5.74, 6) is 0. The lowest BCUT2D eigenvalue weighted by Gasteiger charge is -1.56. The summed E-state index contributed by atoms with van der Waals surface area (Å²) >= 11 is 0. The molecular formula is C4H4N2O. The Labute approximate surface area is 40.0 Å². The van der Waals surface area contributed by atoms with Crippen LogP contribution in [0.5, 0.6) is 0 Å². The third-order valence-electron chi connectivity index (χ3n) is 0.509. The zero-order valence-corrected chi connectivity index (χ0v) is 3.72. The summed E-state index contributed by atoms with van der Waals surface area (Å²) in [7, 11) is 0. The quantitative estimate of drug-likeness (QED) is 0.411. The van der Waals surface area contributed by atoms with Crippen LogP contribution in [0.25, 0.3) is 13.2 Å². The molecule has 3 nitrogen and oxygen atoms in total. The fourth-order valence-electron chi connectivity index (χ4n) is 0.288.